The van der Waals surface area contributed by atoms with Crippen LogP contribution in [0.2, 0.25) is 0 Å². The van der Waals surface area contributed by atoms with Crippen LogP contribution in [0.1, 0.15) is 44.6 Å². The number of amides is 1. The zero-order valence-corrected chi connectivity index (χ0v) is 17.7. The summed E-state index contributed by atoms with van der Waals surface area (Å²) < 4.78 is 1.78. The van der Waals surface area contributed by atoms with E-state index < -0.39 is 0 Å². The molecule has 2 heterocycles. The van der Waals surface area contributed by atoms with E-state index in [0.29, 0.717) is 23.5 Å². The van der Waals surface area contributed by atoms with E-state index in [4.69, 9.17) is 4.98 Å². The molecule has 0 fully saturated rings. The van der Waals surface area contributed by atoms with Gasteiger partial charge in [-0.25, -0.2) is 4.98 Å². The maximum absolute atomic E-state index is 13.3. The SMILES string of the molecule is CNC(=O)C(C)Sc1nc2sc3c(c2c(=O)n1CC(C)C)CCC(C)C3. The van der Waals surface area contributed by atoms with Crippen LogP contribution in [-0.4, -0.2) is 27.8 Å². The quantitative estimate of drug-likeness (QED) is 0.624. The van der Waals surface area contributed by atoms with Gasteiger partial charge in [0.05, 0.1) is 10.6 Å². The van der Waals surface area contributed by atoms with Gasteiger partial charge < -0.3 is 5.32 Å². The number of aromatic nitrogens is 2. The van der Waals surface area contributed by atoms with Crippen molar-refractivity contribution >= 4 is 39.2 Å². The zero-order chi connectivity index (χ0) is 19.0. The Balaban J connectivity index is 2.14. The first-order valence-corrected chi connectivity index (χ1v) is 10.9. The van der Waals surface area contributed by atoms with Gasteiger partial charge in [0.15, 0.2) is 5.16 Å². The highest BCUT2D eigenvalue weighted by Crippen LogP contribution is 2.37. The van der Waals surface area contributed by atoms with Crippen molar-refractivity contribution in [3.63, 3.8) is 0 Å². The van der Waals surface area contributed by atoms with Crippen molar-refractivity contribution in [2.45, 2.75) is 63.9 Å². The molecule has 2 aromatic heterocycles. The van der Waals surface area contributed by atoms with E-state index in [9.17, 15) is 9.59 Å². The molecule has 0 saturated carbocycles. The first-order chi connectivity index (χ1) is 12.3. The minimum Gasteiger partial charge on any atom is -0.358 e. The molecule has 0 radical (unpaired) electrons. The van der Waals surface area contributed by atoms with Crippen molar-refractivity contribution in [2.75, 3.05) is 7.05 Å². The number of aryl methyl sites for hydroxylation is 1. The fraction of sp³-hybridized carbons (Fsp3) is 0.632. The number of thiophene rings is 1. The van der Waals surface area contributed by atoms with Crippen LogP contribution in [0.25, 0.3) is 10.2 Å². The average molecular weight is 394 g/mol. The van der Waals surface area contributed by atoms with Crippen molar-refractivity contribution < 1.29 is 4.79 Å². The predicted octanol–water partition coefficient (Wildman–Crippen LogP) is 3.47. The van der Waals surface area contributed by atoms with E-state index in [1.807, 2.05) is 6.92 Å². The highest BCUT2D eigenvalue weighted by atomic mass is 32.2. The number of carbonyl (C=O) groups is 1. The number of fused-ring (bicyclic) bond motifs is 3. The van der Waals surface area contributed by atoms with Crippen LogP contribution < -0.4 is 10.9 Å². The summed E-state index contributed by atoms with van der Waals surface area (Å²) in [5.74, 6) is 0.936. The summed E-state index contributed by atoms with van der Waals surface area (Å²) in [6.07, 6.45) is 3.14. The lowest BCUT2D eigenvalue weighted by Crippen LogP contribution is -2.30. The Morgan fingerprint density at radius 3 is 2.81 bits per heavy atom. The van der Waals surface area contributed by atoms with E-state index in [1.54, 1.807) is 23.0 Å². The van der Waals surface area contributed by atoms with Crippen molar-refractivity contribution in [2.24, 2.45) is 11.8 Å². The normalized spacial score (nSPS) is 18.2. The lowest BCUT2D eigenvalue weighted by molar-refractivity contribution is -0.119. The molecule has 0 spiro atoms. The van der Waals surface area contributed by atoms with Gasteiger partial charge in [-0.2, -0.15) is 0 Å². The van der Waals surface area contributed by atoms with Crippen LogP contribution >= 0.6 is 23.1 Å². The summed E-state index contributed by atoms with van der Waals surface area (Å²) in [6.45, 7) is 8.92. The molecule has 2 aromatic rings. The first kappa shape index (κ1) is 19.4. The van der Waals surface area contributed by atoms with Gasteiger partial charge >= 0.3 is 0 Å². The van der Waals surface area contributed by atoms with Gasteiger partial charge in [-0.1, -0.05) is 32.5 Å². The van der Waals surface area contributed by atoms with Gasteiger partial charge in [-0.15, -0.1) is 11.3 Å². The summed E-state index contributed by atoms with van der Waals surface area (Å²) >= 11 is 3.03. The summed E-state index contributed by atoms with van der Waals surface area (Å²) in [7, 11) is 1.63. The predicted molar refractivity (Wildman–Crippen MR) is 109 cm³/mol. The van der Waals surface area contributed by atoms with Crippen LogP contribution in [0, 0.1) is 11.8 Å². The van der Waals surface area contributed by atoms with Gasteiger partial charge in [0, 0.05) is 18.5 Å². The number of rotatable bonds is 5. The molecular formula is C19H27N3O2S2. The Morgan fingerprint density at radius 2 is 2.15 bits per heavy atom. The number of nitrogens with one attached hydrogen (secondary N) is 1. The number of thioether (sulfide) groups is 1. The fourth-order valence-electron chi connectivity index (χ4n) is 3.44. The molecule has 1 aliphatic rings. The fourth-order valence-corrected chi connectivity index (χ4v) is 5.84. The topological polar surface area (TPSA) is 64.0 Å². The molecule has 1 aliphatic carbocycles. The highest BCUT2D eigenvalue weighted by molar-refractivity contribution is 8.00. The molecule has 0 bridgehead atoms. The van der Waals surface area contributed by atoms with E-state index in [0.717, 1.165) is 29.5 Å². The van der Waals surface area contributed by atoms with E-state index >= 15 is 0 Å². The van der Waals surface area contributed by atoms with Crippen molar-refractivity contribution in [1.82, 2.24) is 14.9 Å². The summed E-state index contributed by atoms with van der Waals surface area (Å²) in [4.78, 5) is 32.3. The third-order valence-electron chi connectivity index (χ3n) is 4.83. The second kappa shape index (κ2) is 7.72. The molecule has 5 nitrogen and oxygen atoms in total. The van der Waals surface area contributed by atoms with E-state index in [2.05, 4.69) is 26.1 Å². The monoisotopic (exact) mass is 393 g/mol. The Morgan fingerprint density at radius 1 is 1.42 bits per heavy atom. The Bertz CT molecular complexity index is 885. The maximum Gasteiger partial charge on any atom is 0.263 e. The Labute approximate surface area is 162 Å². The Kier molecular flexibility index (Phi) is 5.77. The standard InChI is InChI=1S/C19H27N3O2S2/c1-10(2)9-22-18(24)15-13-7-6-11(3)8-14(13)26-17(15)21-19(22)25-12(4)16(23)20-5/h10-12H,6-9H2,1-5H3,(H,20,23). The molecule has 2 unspecified atom stereocenters. The molecule has 1 N–H and O–H groups in total. The number of hydrogen-bond donors (Lipinski definition) is 1. The molecule has 2 atom stereocenters. The smallest absolute Gasteiger partial charge is 0.263 e. The molecule has 7 heteroatoms. The van der Waals surface area contributed by atoms with Gasteiger partial charge in [0.2, 0.25) is 5.91 Å². The highest BCUT2D eigenvalue weighted by Gasteiger charge is 2.26. The zero-order valence-electron chi connectivity index (χ0n) is 16.1. The van der Waals surface area contributed by atoms with E-state index in [-0.39, 0.29) is 16.7 Å². The minimum atomic E-state index is -0.294. The lowest BCUT2D eigenvalue weighted by atomic mass is 9.89. The summed E-state index contributed by atoms with van der Waals surface area (Å²) in [6, 6.07) is 0. The van der Waals surface area contributed by atoms with Crippen molar-refractivity contribution in [3.8, 4) is 0 Å². The third kappa shape index (κ3) is 3.69. The molecule has 0 saturated heterocycles. The number of nitrogens with zero attached hydrogens (tertiary/aromatic N) is 2. The third-order valence-corrected chi connectivity index (χ3v) is 7.06. The molecule has 0 aliphatic heterocycles. The van der Waals surface area contributed by atoms with Crippen molar-refractivity contribution in [3.05, 3.63) is 20.8 Å². The summed E-state index contributed by atoms with van der Waals surface area (Å²) in [5.41, 5.74) is 1.27. The van der Waals surface area contributed by atoms with Gasteiger partial charge in [0.1, 0.15) is 4.83 Å². The largest absolute Gasteiger partial charge is 0.358 e. The van der Waals surface area contributed by atoms with Crippen LogP contribution in [0.3, 0.4) is 0 Å². The number of carbonyl (C=O) groups excluding carboxylic acids is 1. The second-order valence-corrected chi connectivity index (χ2v) is 10.0. The van der Waals surface area contributed by atoms with Crippen LogP contribution in [-0.2, 0) is 24.2 Å². The first-order valence-electron chi connectivity index (χ1n) is 9.25. The van der Waals surface area contributed by atoms with Crippen LogP contribution in [0.5, 0.6) is 0 Å². The summed E-state index contributed by atoms with van der Waals surface area (Å²) in [5, 5.41) is 3.84. The Hall–Kier alpha value is -1.34. The van der Waals surface area contributed by atoms with Gasteiger partial charge in [-0.3, -0.25) is 14.2 Å². The van der Waals surface area contributed by atoms with Crippen molar-refractivity contribution in [1.29, 1.82) is 0 Å². The van der Waals surface area contributed by atoms with Gasteiger partial charge in [-0.05, 0) is 43.6 Å². The van der Waals surface area contributed by atoms with Crippen LogP contribution in [0.4, 0.5) is 0 Å². The average Bonchev–Trinajstić information content (AvgIpc) is 2.94. The molecule has 26 heavy (non-hydrogen) atoms. The molecule has 3 rings (SSSR count). The second-order valence-electron chi connectivity index (χ2n) is 7.61. The molecule has 142 valence electrons. The van der Waals surface area contributed by atoms with E-state index in [1.165, 1.54) is 22.2 Å². The molecular weight excluding hydrogens is 366 g/mol. The minimum absolute atomic E-state index is 0.0558. The molecule has 0 aromatic carbocycles. The molecule has 1 amide bonds. The maximum atomic E-state index is 13.3. The van der Waals surface area contributed by atoms with Crippen LogP contribution in [0.15, 0.2) is 9.95 Å². The lowest BCUT2D eigenvalue weighted by Gasteiger charge is -2.18. The number of hydrogen-bond acceptors (Lipinski definition) is 5. The van der Waals surface area contributed by atoms with Gasteiger partial charge in [0.25, 0.3) is 5.56 Å².